The molecule has 0 radical (unpaired) electrons. The first-order chi connectivity index (χ1) is 6.91. The molecule has 0 aliphatic carbocycles. The van der Waals surface area contributed by atoms with Crippen LogP contribution in [0.1, 0.15) is 10.4 Å². The summed E-state index contributed by atoms with van der Waals surface area (Å²) in [7, 11) is 1.47. The van der Waals surface area contributed by atoms with Gasteiger partial charge < -0.3 is 10.6 Å². The number of halogens is 2. The fourth-order valence-electron chi connectivity index (χ4n) is 0.997. The van der Waals surface area contributed by atoms with Gasteiger partial charge in [0.1, 0.15) is 4.34 Å². The van der Waals surface area contributed by atoms with Crippen molar-refractivity contribution in [1.29, 1.82) is 0 Å². The predicted molar refractivity (Wildman–Crippen MR) is 60.5 cm³/mol. The standard InChI is InChI=1S/C8H8Cl2N2O2S/c1-12(3-6(11)13)8(14)4-2-5(9)15-7(4)10/h2H,3H2,1H3,(H2,11,13). The molecule has 1 rings (SSSR count). The molecule has 1 heterocycles. The van der Waals surface area contributed by atoms with E-state index in [1.54, 1.807) is 0 Å². The van der Waals surface area contributed by atoms with Crippen LogP contribution >= 0.6 is 34.5 Å². The van der Waals surface area contributed by atoms with E-state index >= 15 is 0 Å². The Hall–Kier alpha value is -0.780. The summed E-state index contributed by atoms with van der Waals surface area (Å²) in [6.07, 6.45) is 0. The molecular formula is C8H8Cl2N2O2S. The van der Waals surface area contributed by atoms with E-state index in [-0.39, 0.29) is 18.0 Å². The Morgan fingerprint density at radius 2 is 2.13 bits per heavy atom. The van der Waals surface area contributed by atoms with Crippen molar-refractivity contribution in [3.8, 4) is 0 Å². The van der Waals surface area contributed by atoms with E-state index in [1.807, 2.05) is 0 Å². The molecule has 2 amide bonds. The number of rotatable bonds is 3. The van der Waals surface area contributed by atoms with Gasteiger partial charge in [0.15, 0.2) is 0 Å². The molecule has 0 atom stereocenters. The molecule has 4 nitrogen and oxygen atoms in total. The smallest absolute Gasteiger partial charge is 0.256 e. The van der Waals surface area contributed by atoms with Crippen LogP contribution in [0, 0.1) is 0 Å². The molecule has 0 saturated heterocycles. The van der Waals surface area contributed by atoms with Crippen LogP contribution in [0.3, 0.4) is 0 Å². The molecule has 0 spiro atoms. The number of carbonyl (C=O) groups excluding carboxylic acids is 2. The lowest BCUT2D eigenvalue weighted by molar-refractivity contribution is -0.118. The van der Waals surface area contributed by atoms with Gasteiger partial charge in [-0.15, -0.1) is 11.3 Å². The van der Waals surface area contributed by atoms with Gasteiger partial charge in [0.25, 0.3) is 5.91 Å². The van der Waals surface area contributed by atoms with Crippen molar-refractivity contribution in [2.45, 2.75) is 0 Å². The lowest BCUT2D eigenvalue weighted by Gasteiger charge is -2.13. The van der Waals surface area contributed by atoms with Gasteiger partial charge in [0.2, 0.25) is 5.91 Å². The Morgan fingerprint density at radius 3 is 2.53 bits per heavy atom. The Morgan fingerprint density at radius 1 is 1.53 bits per heavy atom. The van der Waals surface area contributed by atoms with Gasteiger partial charge in [-0.3, -0.25) is 9.59 Å². The third-order valence-corrected chi connectivity index (χ3v) is 3.11. The molecule has 0 aromatic carbocycles. The largest absolute Gasteiger partial charge is 0.368 e. The lowest BCUT2D eigenvalue weighted by atomic mass is 10.3. The second-order valence-corrected chi connectivity index (χ2v) is 5.15. The molecule has 15 heavy (non-hydrogen) atoms. The number of hydrogen-bond acceptors (Lipinski definition) is 3. The van der Waals surface area contributed by atoms with Gasteiger partial charge in [0.05, 0.1) is 16.4 Å². The molecule has 0 unspecified atom stereocenters. The zero-order valence-electron chi connectivity index (χ0n) is 7.79. The maximum Gasteiger partial charge on any atom is 0.256 e. The van der Waals surface area contributed by atoms with Crippen LogP contribution in [-0.4, -0.2) is 30.3 Å². The lowest BCUT2D eigenvalue weighted by Crippen LogP contribution is -2.35. The Bertz CT molecular complexity index is 405. The highest BCUT2D eigenvalue weighted by Gasteiger charge is 2.18. The number of thiophene rings is 1. The third kappa shape index (κ3) is 3.09. The first-order valence-electron chi connectivity index (χ1n) is 3.90. The normalized spacial score (nSPS) is 10.1. The number of amides is 2. The minimum absolute atomic E-state index is 0.150. The average molecular weight is 267 g/mol. The van der Waals surface area contributed by atoms with Gasteiger partial charge >= 0.3 is 0 Å². The van der Waals surface area contributed by atoms with Crippen LogP contribution in [0.5, 0.6) is 0 Å². The van der Waals surface area contributed by atoms with Gasteiger partial charge in [0, 0.05) is 7.05 Å². The summed E-state index contributed by atoms with van der Waals surface area (Å²) < 4.78 is 0.733. The molecule has 2 N–H and O–H groups in total. The topological polar surface area (TPSA) is 63.4 Å². The van der Waals surface area contributed by atoms with Crippen molar-refractivity contribution in [1.82, 2.24) is 4.90 Å². The highest BCUT2D eigenvalue weighted by atomic mass is 35.5. The zero-order valence-corrected chi connectivity index (χ0v) is 10.1. The van der Waals surface area contributed by atoms with Crippen molar-refractivity contribution in [2.24, 2.45) is 5.73 Å². The van der Waals surface area contributed by atoms with E-state index in [2.05, 4.69) is 0 Å². The van der Waals surface area contributed by atoms with Crippen LogP contribution in [0.4, 0.5) is 0 Å². The van der Waals surface area contributed by atoms with E-state index in [4.69, 9.17) is 28.9 Å². The maximum absolute atomic E-state index is 11.7. The van der Waals surface area contributed by atoms with Crippen molar-refractivity contribution in [3.63, 3.8) is 0 Å². The quantitative estimate of drug-likeness (QED) is 0.904. The Labute approximate surface area is 101 Å². The van der Waals surface area contributed by atoms with Gasteiger partial charge in [-0.05, 0) is 6.07 Å². The zero-order chi connectivity index (χ0) is 11.6. The molecule has 1 aromatic rings. The third-order valence-electron chi connectivity index (χ3n) is 1.63. The van der Waals surface area contributed by atoms with Crippen LogP contribution in [0.15, 0.2) is 6.07 Å². The molecule has 0 saturated carbocycles. The molecule has 0 fully saturated rings. The second kappa shape index (κ2) is 4.83. The van der Waals surface area contributed by atoms with Crippen LogP contribution in [0.2, 0.25) is 8.67 Å². The van der Waals surface area contributed by atoms with Crippen molar-refractivity contribution >= 4 is 46.4 Å². The number of likely N-dealkylation sites (N-methyl/N-ethyl adjacent to an activating group) is 1. The monoisotopic (exact) mass is 266 g/mol. The van der Waals surface area contributed by atoms with Gasteiger partial charge in [-0.25, -0.2) is 0 Å². The summed E-state index contributed by atoms with van der Waals surface area (Å²) in [6.45, 7) is -0.150. The van der Waals surface area contributed by atoms with Crippen LogP contribution in [0.25, 0.3) is 0 Å². The first-order valence-corrected chi connectivity index (χ1v) is 5.47. The number of nitrogens with two attached hydrogens (primary N) is 1. The Kier molecular flexibility index (Phi) is 3.96. The minimum Gasteiger partial charge on any atom is -0.368 e. The van der Waals surface area contributed by atoms with Crippen LogP contribution < -0.4 is 5.73 Å². The van der Waals surface area contributed by atoms with Crippen molar-refractivity contribution in [3.05, 3.63) is 20.3 Å². The molecule has 82 valence electrons. The molecular weight excluding hydrogens is 259 g/mol. The van der Waals surface area contributed by atoms with E-state index in [0.29, 0.717) is 8.67 Å². The van der Waals surface area contributed by atoms with Crippen molar-refractivity contribution < 1.29 is 9.59 Å². The Balaban J connectivity index is 2.84. The fraction of sp³-hybridized carbons (Fsp3) is 0.250. The summed E-state index contributed by atoms with van der Waals surface area (Å²) in [6, 6.07) is 1.47. The number of primary amides is 1. The summed E-state index contributed by atoms with van der Waals surface area (Å²) in [5.74, 6) is -0.953. The first kappa shape index (κ1) is 12.3. The van der Waals surface area contributed by atoms with Crippen LogP contribution in [-0.2, 0) is 4.79 Å². The van der Waals surface area contributed by atoms with E-state index in [0.717, 1.165) is 11.3 Å². The number of carbonyl (C=O) groups is 2. The summed E-state index contributed by atoms with van der Waals surface area (Å²) >= 11 is 12.6. The second-order valence-electron chi connectivity index (χ2n) is 2.87. The van der Waals surface area contributed by atoms with Crippen molar-refractivity contribution in [2.75, 3.05) is 13.6 Å². The molecule has 0 aliphatic rings. The highest BCUT2D eigenvalue weighted by molar-refractivity contribution is 7.20. The molecule has 7 heteroatoms. The maximum atomic E-state index is 11.7. The van der Waals surface area contributed by atoms with E-state index in [1.165, 1.54) is 18.0 Å². The highest BCUT2D eigenvalue weighted by Crippen LogP contribution is 2.31. The average Bonchev–Trinajstić information content (AvgIpc) is 2.42. The van der Waals surface area contributed by atoms with E-state index < -0.39 is 5.91 Å². The molecule has 0 bridgehead atoms. The molecule has 0 aliphatic heterocycles. The fourth-order valence-corrected chi connectivity index (χ4v) is 2.45. The number of hydrogen-bond donors (Lipinski definition) is 1. The predicted octanol–water partition coefficient (Wildman–Crippen LogP) is 1.61. The minimum atomic E-state index is -0.580. The molecule has 1 aromatic heterocycles. The summed E-state index contributed by atoms with van der Waals surface area (Å²) in [4.78, 5) is 23.5. The van der Waals surface area contributed by atoms with Gasteiger partial charge in [-0.1, -0.05) is 23.2 Å². The number of nitrogens with zero attached hydrogens (tertiary/aromatic N) is 1. The summed E-state index contributed by atoms with van der Waals surface area (Å²) in [5.41, 5.74) is 5.25. The van der Waals surface area contributed by atoms with E-state index in [9.17, 15) is 9.59 Å². The summed E-state index contributed by atoms with van der Waals surface area (Å²) in [5, 5.41) is 0. The van der Waals surface area contributed by atoms with Gasteiger partial charge in [-0.2, -0.15) is 0 Å². The SMILES string of the molecule is CN(CC(N)=O)C(=O)c1cc(Cl)sc1Cl.